The third kappa shape index (κ3) is 6.33. The van der Waals surface area contributed by atoms with Crippen LogP contribution in [0.25, 0.3) is 12.2 Å². The summed E-state index contributed by atoms with van der Waals surface area (Å²) in [7, 11) is 0. The fourth-order valence-electron chi connectivity index (χ4n) is 6.84. The number of aromatic nitrogens is 1. The lowest BCUT2D eigenvalue weighted by Crippen LogP contribution is -2.36. The summed E-state index contributed by atoms with van der Waals surface area (Å²) in [6.45, 7) is 11.8. The van der Waals surface area contributed by atoms with Gasteiger partial charge in [-0.25, -0.2) is 0 Å². The van der Waals surface area contributed by atoms with Crippen molar-refractivity contribution in [3.8, 4) is 0 Å². The van der Waals surface area contributed by atoms with Crippen molar-refractivity contribution in [2.24, 2.45) is 17.8 Å². The summed E-state index contributed by atoms with van der Waals surface area (Å²) in [4.78, 5) is 39.2. The average molecular weight is 623 g/mol. The van der Waals surface area contributed by atoms with Crippen LogP contribution < -0.4 is 16.0 Å². The summed E-state index contributed by atoms with van der Waals surface area (Å²) in [6.07, 6.45) is 6.89. The molecule has 11 heteroatoms. The maximum atomic E-state index is 12.6. The number of rotatable bonds is 12. The predicted molar refractivity (Wildman–Crippen MR) is 172 cm³/mol. The molecule has 0 aliphatic carbocycles. The van der Waals surface area contributed by atoms with Crippen LogP contribution in [0.3, 0.4) is 0 Å². The SMILES string of the molecule is C=CC1=C(O)N[C@H](CC2N/C(=C\c3[nH]c(/C=C4\NC(=O)[C@H](C)[C@H]4[C@@H]4CS4)c(C)c3CCC(=O)O)C(CCC(=O)O)=C2C)C1C. The Bertz CT molecular complexity index is 1510. The minimum atomic E-state index is -0.891. The maximum absolute atomic E-state index is 12.6. The highest BCUT2D eigenvalue weighted by Crippen LogP contribution is 2.46. The second-order valence-corrected chi connectivity index (χ2v) is 13.6. The first-order chi connectivity index (χ1) is 20.9. The van der Waals surface area contributed by atoms with Gasteiger partial charge in [-0.15, -0.1) is 0 Å². The number of carbonyl (C=O) groups excluding carboxylic acids is 1. The van der Waals surface area contributed by atoms with Gasteiger partial charge < -0.3 is 36.3 Å². The largest absolute Gasteiger partial charge is 0.495 e. The highest BCUT2D eigenvalue weighted by Gasteiger charge is 2.45. The minimum absolute atomic E-state index is 0.0195. The number of aromatic amines is 1. The topological polar surface area (TPSA) is 164 Å². The zero-order valence-corrected chi connectivity index (χ0v) is 26.4. The van der Waals surface area contributed by atoms with Gasteiger partial charge >= 0.3 is 11.9 Å². The molecule has 1 amide bonds. The van der Waals surface area contributed by atoms with Crippen molar-refractivity contribution in [3.63, 3.8) is 0 Å². The molecule has 7 N–H and O–H groups in total. The molecule has 0 bridgehead atoms. The highest BCUT2D eigenvalue weighted by atomic mass is 32.2. The van der Waals surface area contributed by atoms with Crippen molar-refractivity contribution in [1.82, 2.24) is 20.9 Å². The van der Waals surface area contributed by atoms with Crippen molar-refractivity contribution in [2.75, 3.05) is 5.75 Å². The van der Waals surface area contributed by atoms with Crippen LogP contribution in [-0.2, 0) is 20.8 Å². The molecule has 0 saturated carbocycles. The molecule has 0 radical (unpaired) electrons. The molecule has 6 atom stereocenters. The number of hydrogen-bond acceptors (Lipinski definition) is 7. The number of carboxylic acids is 2. The third-order valence-corrected chi connectivity index (χ3v) is 10.6. The molecular weight excluding hydrogens is 580 g/mol. The Morgan fingerprint density at radius 2 is 1.70 bits per heavy atom. The molecule has 4 aliphatic heterocycles. The molecule has 2 unspecified atom stereocenters. The second kappa shape index (κ2) is 12.6. The monoisotopic (exact) mass is 622 g/mol. The molecule has 10 nitrogen and oxygen atoms in total. The van der Waals surface area contributed by atoms with Gasteiger partial charge in [-0.05, 0) is 67.5 Å². The van der Waals surface area contributed by atoms with Crippen LogP contribution in [0.5, 0.6) is 0 Å². The van der Waals surface area contributed by atoms with E-state index in [1.165, 1.54) is 0 Å². The molecular formula is C33H42N4O6S. The van der Waals surface area contributed by atoms with E-state index < -0.39 is 11.9 Å². The lowest BCUT2D eigenvalue weighted by atomic mass is 9.90. The van der Waals surface area contributed by atoms with E-state index in [-0.39, 0.29) is 54.5 Å². The van der Waals surface area contributed by atoms with Crippen molar-refractivity contribution in [2.45, 2.75) is 77.1 Å². The summed E-state index contributed by atoms with van der Waals surface area (Å²) in [5.41, 5.74) is 7.80. The van der Waals surface area contributed by atoms with Gasteiger partial charge in [-0.3, -0.25) is 14.4 Å². The van der Waals surface area contributed by atoms with Crippen molar-refractivity contribution in [1.29, 1.82) is 0 Å². The Morgan fingerprint density at radius 1 is 1.02 bits per heavy atom. The first-order valence-corrected chi connectivity index (χ1v) is 16.2. The van der Waals surface area contributed by atoms with Crippen LogP contribution in [0.15, 0.2) is 46.7 Å². The zero-order valence-electron chi connectivity index (χ0n) is 25.6. The summed E-state index contributed by atoms with van der Waals surface area (Å²) < 4.78 is 0. The van der Waals surface area contributed by atoms with Gasteiger partial charge in [-0.1, -0.05) is 26.5 Å². The number of carboxylic acid groups (broad SMARTS) is 2. The molecule has 236 valence electrons. The lowest BCUT2D eigenvalue weighted by Gasteiger charge is -2.23. The van der Waals surface area contributed by atoms with Gasteiger partial charge in [-0.2, -0.15) is 11.8 Å². The lowest BCUT2D eigenvalue weighted by molar-refractivity contribution is -0.138. The summed E-state index contributed by atoms with van der Waals surface area (Å²) in [6, 6.07) is -0.122. The van der Waals surface area contributed by atoms with Gasteiger partial charge in [0.05, 0.1) is 0 Å². The van der Waals surface area contributed by atoms with Crippen LogP contribution >= 0.6 is 11.8 Å². The van der Waals surface area contributed by atoms with E-state index in [2.05, 4.69) is 27.5 Å². The molecule has 44 heavy (non-hydrogen) atoms. The number of thioether (sulfide) groups is 1. The summed E-state index contributed by atoms with van der Waals surface area (Å²) in [5, 5.41) is 39.6. The number of aliphatic hydroxyl groups excluding tert-OH is 1. The number of hydrogen-bond donors (Lipinski definition) is 7. The van der Waals surface area contributed by atoms with E-state index in [1.54, 1.807) is 6.08 Å². The Morgan fingerprint density at radius 3 is 2.32 bits per heavy atom. The fourth-order valence-corrected chi connectivity index (χ4v) is 7.75. The zero-order chi connectivity index (χ0) is 31.9. The van der Waals surface area contributed by atoms with Crippen LogP contribution in [0.4, 0.5) is 0 Å². The van der Waals surface area contributed by atoms with E-state index in [9.17, 15) is 29.7 Å². The van der Waals surface area contributed by atoms with E-state index in [4.69, 9.17) is 0 Å². The summed E-state index contributed by atoms with van der Waals surface area (Å²) >= 11 is 1.85. The van der Waals surface area contributed by atoms with E-state index in [0.29, 0.717) is 24.5 Å². The molecule has 4 aliphatic rings. The quantitative estimate of drug-likeness (QED) is 0.165. The second-order valence-electron chi connectivity index (χ2n) is 12.3. The molecule has 0 aromatic carbocycles. The molecule has 1 aromatic heterocycles. The Labute approximate surface area is 261 Å². The number of amides is 1. The van der Waals surface area contributed by atoms with E-state index in [1.807, 2.05) is 51.6 Å². The number of H-pyrrole nitrogens is 1. The van der Waals surface area contributed by atoms with E-state index in [0.717, 1.165) is 56.4 Å². The Hall–Kier alpha value is -3.86. The molecule has 5 heterocycles. The van der Waals surface area contributed by atoms with Gasteiger partial charge in [0, 0.05) is 82.0 Å². The van der Waals surface area contributed by atoms with Crippen molar-refractivity contribution in [3.05, 3.63) is 69.2 Å². The number of aliphatic carboxylic acids is 2. The molecule has 2 fully saturated rings. The van der Waals surface area contributed by atoms with Crippen LogP contribution in [0.1, 0.15) is 69.0 Å². The number of carbonyl (C=O) groups is 3. The molecule has 5 rings (SSSR count). The van der Waals surface area contributed by atoms with Crippen molar-refractivity contribution >= 4 is 41.8 Å². The highest BCUT2D eigenvalue weighted by molar-refractivity contribution is 8.06. The average Bonchev–Trinajstić information content (AvgIpc) is 3.53. The van der Waals surface area contributed by atoms with Gasteiger partial charge in [0.15, 0.2) is 5.88 Å². The van der Waals surface area contributed by atoms with Gasteiger partial charge in [0.2, 0.25) is 5.91 Å². The molecule has 2 saturated heterocycles. The number of nitrogens with one attached hydrogen (secondary N) is 4. The summed E-state index contributed by atoms with van der Waals surface area (Å²) in [5.74, 6) is -0.517. The van der Waals surface area contributed by atoms with Crippen molar-refractivity contribution < 1.29 is 29.7 Å². The van der Waals surface area contributed by atoms with Gasteiger partial charge in [0.25, 0.3) is 0 Å². The predicted octanol–water partition coefficient (Wildman–Crippen LogP) is 4.63. The molecule has 1 aromatic rings. The third-order valence-electron chi connectivity index (χ3n) is 9.61. The smallest absolute Gasteiger partial charge is 0.303 e. The Kier molecular flexibility index (Phi) is 9.06. The number of aliphatic hydroxyl groups is 1. The van der Waals surface area contributed by atoms with E-state index >= 15 is 0 Å². The first kappa shape index (κ1) is 31.6. The first-order valence-electron chi connectivity index (χ1n) is 15.2. The maximum Gasteiger partial charge on any atom is 0.303 e. The van der Waals surface area contributed by atoms with Gasteiger partial charge in [0.1, 0.15) is 0 Å². The van der Waals surface area contributed by atoms with Crippen LogP contribution in [0.2, 0.25) is 0 Å². The standard InChI is InChI=1S/C33H42N4O6S/c1-6-19-15(2)24(36-33(19)43)11-22-16(3)20(7-9-29(38)39)25(34-22)13-26-21(8-10-30(40)41)17(4)23(35-26)12-27-31(28-14-44-28)18(5)32(42)37-27/h6,12-13,15,18,22,24,28,31,34-36,43H,1,7-11,14H2,2-5H3,(H,37,42)(H,38,39)(H,40,41)/b25-13-,27-12-/t15?,18-,22?,24-,28+,31-/m1/s1. The number of allylic oxidation sites excluding steroid dienone is 3. The Balaban J connectivity index is 1.49. The van der Waals surface area contributed by atoms with Crippen LogP contribution in [0, 0.1) is 24.7 Å². The fraction of sp³-hybridized carbons (Fsp3) is 0.485. The minimum Gasteiger partial charge on any atom is -0.495 e. The normalized spacial score (nSPS) is 29.8. The molecule has 0 spiro atoms. The van der Waals surface area contributed by atoms with Crippen LogP contribution in [-0.4, -0.2) is 61.2 Å².